The van der Waals surface area contributed by atoms with Crippen LogP contribution in [0.2, 0.25) is 0 Å². The molecule has 1 aromatic heterocycles. The van der Waals surface area contributed by atoms with Crippen molar-refractivity contribution in [2.45, 2.75) is 26.3 Å². The van der Waals surface area contributed by atoms with Crippen molar-refractivity contribution < 1.29 is 14.6 Å². The van der Waals surface area contributed by atoms with E-state index in [0.717, 1.165) is 23.1 Å². The molecule has 0 saturated heterocycles. The number of hydrogen-bond donors (Lipinski definition) is 3. The van der Waals surface area contributed by atoms with Gasteiger partial charge in [0, 0.05) is 35.9 Å². The number of nitrogens with zero attached hydrogens (tertiary/aromatic N) is 1. The van der Waals surface area contributed by atoms with Gasteiger partial charge in [0.2, 0.25) is 6.79 Å². The van der Waals surface area contributed by atoms with E-state index in [4.69, 9.17) is 21.7 Å². The monoisotopic (exact) mass is 439 g/mol. The van der Waals surface area contributed by atoms with Crippen molar-refractivity contribution in [1.29, 1.82) is 0 Å². The number of hydrogen-bond acceptors (Lipinski definition) is 5. The average molecular weight is 440 g/mol. The molecule has 1 aliphatic rings. The zero-order valence-electron chi connectivity index (χ0n) is 17.3. The molecule has 1 aliphatic heterocycles. The van der Waals surface area contributed by atoms with Gasteiger partial charge in [0.25, 0.3) is 5.56 Å². The van der Waals surface area contributed by atoms with Crippen molar-refractivity contribution in [3.05, 3.63) is 63.9 Å². The molecular formula is C23H25N3O4S. The van der Waals surface area contributed by atoms with E-state index in [1.54, 1.807) is 6.07 Å². The molecule has 2 aromatic carbocycles. The van der Waals surface area contributed by atoms with E-state index in [2.05, 4.69) is 23.3 Å². The van der Waals surface area contributed by atoms with Gasteiger partial charge in [0.15, 0.2) is 16.6 Å². The fourth-order valence-corrected chi connectivity index (χ4v) is 3.89. The van der Waals surface area contributed by atoms with Crippen LogP contribution in [-0.4, -0.2) is 40.0 Å². The van der Waals surface area contributed by atoms with Crippen LogP contribution >= 0.6 is 12.2 Å². The summed E-state index contributed by atoms with van der Waals surface area (Å²) in [6, 6.07) is 13.5. The van der Waals surface area contributed by atoms with Crippen molar-refractivity contribution in [3.8, 4) is 11.5 Å². The Kier molecular flexibility index (Phi) is 6.39. The maximum atomic E-state index is 12.8. The van der Waals surface area contributed by atoms with E-state index < -0.39 is 0 Å². The highest BCUT2D eigenvalue weighted by atomic mass is 32.1. The van der Waals surface area contributed by atoms with E-state index in [-0.39, 0.29) is 19.0 Å². The zero-order chi connectivity index (χ0) is 21.8. The standard InChI is InChI=1S/C23H25N3O4S/c1-2-15-6-3-4-7-18(15)25-23(31)26(8-5-9-27)13-17-10-16-11-20-21(30-14-29-20)12-19(16)24-22(17)28/h3-4,6-7,10-12,27H,2,5,8-9,13-14H2,1H3,(H,24,28)(H,25,31). The number of nitrogens with one attached hydrogen (secondary N) is 2. The SMILES string of the molecule is CCc1ccccc1NC(=S)N(CCCO)Cc1cc2cc3c(cc2[nH]c1=O)OCO3. The van der Waals surface area contributed by atoms with Crippen LogP contribution in [0.25, 0.3) is 10.9 Å². The molecule has 3 N–H and O–H groups in total. The average Bonchev–Trinajstić information content (AvgIpc) is 3.23. The maximum absolute atomic E-state index is 12.8. The summed E-state index contributed by atoms with van der Waals surface area (Å²) in [7, 11) is 0. The third kappa shape index (κ3) is 4.65. The summed E-state index contributed by atoms with van der Waals surface area (Å²) in [5, 5.41) is 14.0. The topological polar surface area (TPSA) is 86.8 Å². The van der Waals surface area contributed by atoms with E-state index in [1.165, 1.54) is 0 Å². The molecule has 0 saturated carbocycles. The van der Waals surface area contributed by atoms with Crippen molar-refractivity contribution in [3.63, 3.8) is 0 Å². The van der Waals surface area contributed by atoms with E-state index in [1.807, 2.05) is 35.2 Å². The Bertz CT molecular complexity index is 1160. The largest absolute Gasteiger partial charge is 0.454 e. The number of aryl methyl sites for hydroxylation is 1. The summed E-state index contributed by atoms with van der Waals surface area (Å²) in [6.07, 6.45) is 1.42. The Morgan fingerprint density at radius 1 is 1.19 bits per heavy atom. The number of aromatic amines is 1. The number of pyridine rings is 1. The second-order valence-corrected chi connectivity index (χ2v) is 7.74. The van der Waals surface area contributed by atoms with Crippen LogP contribution in [0.1, 0.15) is 24.5 Å². The first-order valence-electron chi connectivity index (χ1n) is 10.3. The van der Waals surface area contributed by atoms with Crippen LogP contribution in [0, 0.1) is 0 Å². The number of benzene rings is 2. The number of thiocarbonyl (C=S) groups is 1. The Labute approximate surface area is 185 Å². The lowest BCUT2D eigenvalue weighted by molar-refractivity contribution is 0.174. The molecule has 0 aliphatic carbocycles. The molecule has 3 aromatic rings. The summed E-state index contributed by atoms with van der Waals surface area (Å²) in [4.78, 5) is 17.6. The number of H-pyrrole nitrogens is 1. The number of aliphatic hydroxyl groups is 1. The van der Waals surface area contributed by atoms with Crippen LogP contribution in [0.4, 0.5) is 5.69 Å². The predicted octanol–water partition coefficient (Wildman–Crippen LogP) is 3.40. The molecule has 0 atom stereocenters. The minimum absolute atomic E-state index is 0.0439. The molecular weight excluding hydrogens is 414 g/mol. The van der Waals surface area contributed by atoms with Crippen molar-refractivity contribution in [2.75, 3.05) is 25.3 Å². The molecule has 7 nitrogen and oxygen atoms in total. The van der Waals surface area contributed by atoms with Gasteiger partial charge in [0.1, 0.15) is 0 Å². The highest BCUT2D eigenvalue weighted by Crippen LogP contribution is 2.35. The number of ether oxygens (including phenoxy) is 2. The highest BCUT2D eigenvalue weighted by Gasteiger charge is 2.17. The summed E-state index contributed by atoms with van der Waals surface area (Å²) in [5.74, 6) is 1.29. The van der Waals surface area contributed by atoms with E-state index in [0.29, 0.717) is 47.2 Å². The number of anilines is 1. The molecule has 0 radical (unpaired) electrons. The Hall–Kier alpha value is -3.10. The number of fused-ring (bicyclic) bond motifs is 2. The quantitative estimate of drug-likeness (QED) is 0.487. The number of rotatable bonds is 7. The molecule has 0 spiro atoms. The molecule has 31 heavy (non-hydrogen) atoms. The fourth-order valence-electron chi connectivity index (χ4n) is 3.62. The molecule has 8 heteroatoms. The Balaban J connectivity index is 1.60. The van der Waals surface area contributed by atoms with Gasteiger partial charge in [0.05, 0.1) is 12.1 Å². The number of para-hydroxylation sites is 1. The summed E-state index contributed by atoms with van der Waals surface area (Å²) >= 11 is 5.67. The van der Waals surface area contributed by atoms with Gasteiger partial charge in [-0.05, 0) is 48.8 Å². The van der Waals surface area contributed by atoms with Crippen molar-refractivity contribution in [2.24, 2.45) is 0 Å². The van der Waals surface area contributed by atoms with Gasteiger partial charge in [-0.2, -0.15) is 0 Å². The van der Waals surface area contributed by atoms with E-state index in [9.17, 15) is 9.90 Å². The van der Waals surface area contributed by atoms with Gasteiger partial charge in [-0.3, -0.25) is 4.79 Å². The van der Waals surface area contributed by atoms with Crippen LogP contribution in [0.15, 0.2) is 47.3 Å². The Morgan fingerprint density at radius 3 is 2.74 bits per heavy atom. The minimum atomic E-state index is -0.183. The molecule has 0 bridgehead atoms. The van der Waals surface area contributed by atoms with Crippen LogP contribution in [0.3, 0.4) is 0 Å². The summed E-state index contributed by atoms with van der Waals surface area (Å²) < 4.78 is 10.8. The number of aliphatic hydroxyl groups excluding tert-OH is 1. The van der Waals surface area contributed by atoms with Crippen molar-refractivity contribution in [1.82, 2.24) is 9.88 Å². The molecule has 0 amide bonds. The third-order valence-corrected chi connectivity index (χ3v) is 5.65. The lowest BCUT2D eigenvalue weighted by Crippen LogP contribution is -2.37. The highest BCUT2D eigenvalue weighted by molar-refractivity contribution is 7.80. The molecule has 2 heterocycles. The van der Waals surface area contributed by atoms with Crippen LogP contribution < -0.4 is 20.3 Å². The first-order valence-corrected chi connectivity index (χ1v) is 10.7. The predicted molar refractivity (Wildman–Crippen MR) is 125 cm³/mol. The van der Waals surface area contributed by atoms with Crippen LogP contribution in [-0.2, 0) is 13.0 Å². The minimum Gasteiger partial charge on any atom is -0.454 e. The molecule has 0 fully saturated rings. The normalized spacial score (nSPS) is 12.2. The lowest BCUT2D eigenvalue weighted by Gasteiger charge is -2.26. The van der Waals surface area contributed by atoms with Gasteiger partial charge < -0.3 is 29.8 Å². The van der Waals surface area contributed by atoms with E-state index >= 15 is 0 Å². The van der Waals surface area contributed by atoms with Crippen LogP contribution in [0.5, 0.6) is 11.5 Å². The van der Waals surface area contributed by atoms with Gasteiger partial charge in [-0.1, -0.05) is 25.1 Å². The second kappa shape index (κ2) is 9.36. The number of aromatic nitrogens is 1. The summed E-state index contributed by atoms with van der Waals surface area (Å²) in [6.45, 7) is 3.15. The second-order valence-electron chi connectivity index (χ2n) is 7.36. The van der Waals surface area contributed by atoms with Gasteiger partial charge >= 0.3 is 0 Å². The molecule has 0 unspecified atom stereocenters. The smallest absolute Gasteiger partial charge is 0.253 e. The van der Waals surface area contributed by atoms with Gasteiger partial charge in [-0.15, -0.1) is 0 Å². The van der Waals surface area contributed by atoms with Crippen molar-refractivity contribution >= 4 is 33.9 Å². The maximum Gasteiger partial charge on any atom is 0.253 e. The first kappa shape index (κ1) is 21.1. The zero-order valence-corrected chi connectivity index (χ0v) is 18.1. The molecule has 4 rings (SSSR count). The summed E-state index contributed by atoms with van der Waals surface area (Å²) in [5.41, 5.74) is 3.20. The molecule has 162 valence electrons. The fraction of sp³-hybridized carbons (Fsp3) is 0.304. The third-order valence-electron chi connectivity index (χ3n) is 5.29. The van der Waals surface area contributed by atoms with Gasteiger partial charge in [-0.25, -0.2) is 0 Å². The Morgan fingerprint density at radius 2 is 1.97 bits per heavy atom. The lowest BCUT2D eigenvalue weighted by atomic mass is 10.1. The first-order chi connectivity index (χ1) is 15.1.